The van der Waals surface area contributed by atoms with E-state index in [1.165, 1.54) is 30.3 Å². The number of hydrogen-bond donors (Lipinski definition) is 2. The van der Waals surface area contributed by atoms with Crippen molar-refractivity contribution in [3.63, 3.8) is 0 Å². The van der Waals surface area contributed by atoms with E-state index in [0.29, 0.717) is 10.7 Å². The summed E-state index contributed by atoms with van der Waals surface area (Å²) >= 11 is 5.81. The molecule has 2 rings (SSSR count). The van der Waals surface area contributed by atoms with E-state index in [4.69, 9.17) is 16.9 Å². The highest BCUT2D eigenvalue weighted by Gasteiger charge is 2.10. The van der Waals surface area contributed by atoms with E-state index in [1.807, 2.05) is 6.07 Å². The highest BCUT2D eigenvalue weighted by atomic mass is 35.5. The summed E-state index contributed by atoms with van der Waals surface area (Å²) in [6, 6.07) is 10.7. The number of aromatic nitrogens is 1. The number of rotatable bonds is 2. The maximum absolute atomic E-state index is 11.9. The highest BCUT2D eigenvalue weighted by molar-refractivity contribution is 6.31. The Morgan fingerprint density at radius 1 is 1.32 bits per heavy atom. The van der Waals surface area contributed by atoms with Crippen LogP contribution in [0.2, 0.25) is 5.02 Å². The third kappa shape index (κ3) is 3.00. The third-order valence-electron chi connectivity index (χ3n) is 2.36. The van der Waals surface area contributed by atoms with E-state index in [9.17, 15) is 9.59 Å². The predicted octanol–water partition coefficient (Wildman–Crippen LogP) is 2.15. The number of amides is 1. The normalized spacial score (nSPS) is 9.68. The van der Waals surface area contributed by atoms with Crippen LogP contribution in [0.1, 0.15) is 16.1 Å². The van der Waals surface area contributed by atoms with Gasteiger partial charge < -0.3 is 10.3 Å². The zero-order chi connectivity index (χ0) is 13.8. The summed E-state index contributed by atoms with van der Waals surface area (Å²) in [5.41, 5.74) is 0.316. The molecule has 0 saturated carbocycles. The van der Waals surface area contributed by atoms with Gasteiger partial charge in [-0.05, 0) is 24.3 Å². The average Bonchev–Trinajstić information content (AvgIpc) is 2.39. The van der Waals surface area contributed by atoms with Gasteiger partial charge in [-0.25, -0.2) is 0 Å². The van der Waals surface area contributed by atoms with Gasteiger partial charge in [-0.15, -0.1) is 0 Å². The Kier molecular flexibility index (Phi) is 3.64. The molecule has 19 heavy (non-hydrogen) atoms. The summed E-state index contributed by atoms with van der Waals surface area (Å²) in [6.07, 6.45) is 0. The lowest BCUT2D eigenvalue weighted by Gasteiger charge is -2.07. The third-order valence-corrected chi connectivity index (χ3v) is 2.60. The first-order chi connectivity index (χ1) is 9.10. The molecule has 0 fully saturated rings. The molecule has 0 radical (unpaired) electrons. The molecule has 5 nitrogen and oxygen atoms in total. The lowest BCUT2D eigenvalue weighted by atomic mass is 10.2. The smallest absolute Gasteiger partial charge is 0.272 e. The van der Waals surface area contributed by atoms with Crippen molar-refractivity contribution in [1.82, 2.24) is 4.98 Å². The van der Waals surface area contributed by atoms with Crippen LogP contribution in [0.5, 0.6) is 0 Å². The Hall–Kier alpha value is -2.58. The highest BCUT2D eigenvalue weighted by Crippen LogP contribution is 2.20. The average molecular weight is 274 g/mol. The monoisotopic (exact) mass is 273 g/mol. The fraction of sp³-hybridized carbons (Fsp3) is 0. The van der Waals surface area contributed by atoms with Crippen molar-refractivity contribution in [2.45, 2.75) is 0 Å². The molecule has 1 amide bonds. The Bertz CT molecular complexity index is 731. The number of nitrogens with one attached hydrogen (secondary N) is 2. The van der Waals surface area contributed by atoms with E-state index in [0.717, 1.165) is 0 Å². The first-order valence-electron chi connectivity index (χ1n) is 5.30. The lowest BCUT2D eigenvalue weighted by Crippen LogP contribution is -2.18. The standard InChI is InChI=1S/C13H8ClN3O2/c14-9-5-4-8(7-15)11(6-9)17-13(19)10-2-1-3-12(18)16-10/h1-6H,(H,16,18)(H,17,19). The molecule has 0 atom stereocenters. The van der Waals surface area contributed by atoms with Crippen LogP contribution < -0.4 is 10.9 Å². The minimum Gasteiger partial charge on any atom is -0.319 e. The topological polar surface area (TPSA) is 85.8 Å². The maximum atomic E-state index is 11.9. The molecule has 2 N–H and O–H groups in total. The van der Waals surface area contributed by atoms with Crippen molar-refractivity contribution in [2.75, 3.05) is 5.32 Å². The Labute approximate surface area is 113 Å². The van der Waals surface area contributed by atoms with E-state index < -0.39 is 5.91 Å². The first-order valence-corrected chi connectivity index (χ1v) is 5.68. The van der Waals surface area contributed by atoms with E-state index in [2.05, 4.69) is 10.3 Å². The molecule has 1 aromatic carbocycles. The number of nitrogens with zero attached hydrogens (tertiary/aromatic N) is 1. The summed E-state index contributed by atoms with van der Waals surface area (Å²) in [6.45, 7) is 0. The number of halogens is 1. The Morgan fingerprint density at radius 3 is 2.79 bits per heavy atom. The second kappa shape index (κ2) is 5.38. The van der Waals surface area contributed by atoms with Gasteiger partial charge in [0.05, 0.1) is 11.3 Å². The van der Waals surface area contributed by atoms with Crippen LogP contribution in [0.15, 0.2) is 41.2 Å². The molecular weight excluding hydrogens is 266 g/mol. The number of aromatic amines is 1. The van der Waals surface area contributed by atoms with Crippen molar-refractivity contribution in [3.05, 3.63) is 63.0 Å². The van der Waals surface area contributed by atoms with Crippen molar-refractivity contribution >= 4 is 23.2 Å². The Morgan fingerprint density at radius 2 is 2.11 bits per heavy atom. The van der Waals surface area contributed by atoms with Crippen LogP contribution in [-0.2, 0) is 0 Å². The van der Waals surface area contributed by atoms with Crippen molar-refractivity contribution in [2.24, 2.45) is 0 Å². The zero-order valence-corrected chi connectivity index (χ0v) is 10.4. The molecule has 0 bridgehead atoms. The van der Waals surface area contributed by atoms with Crippen molar-refractivity contribution < 1.29 is 4.79 Å². The van der Waals surface area contributed by atoms with Gasteiger partial charge in [0.25, 0.3) is 5.91 Å². The number of anilines is 1. The van der Waals surface area contributed by atoms with Gasteiger partial charge in [0.15, 0.2) is 0 Å². The summed E-state index contributed by atoms with van der Waals surface area (Å²) in [5, 5.41) is 11.9. The number of hydrogen-bond acceptors (Lipinski definition) is 3. The lowest BCUT2D eigenvalue weighted by molar-refractivity contribution is 0.102. The van der Waals surface area contributed by atoms with Gasteiger partial charge in [0.1, 0.15) is 11.8 Å². The van der Waals surface area contributed by atoms with E-state index >= 15 is 0 Å². The van der Waals surface area contributed by atoms with Gasteiger partial charge >= 0.3 is 0 Å². The summed E-state index contributed by atoms with van der Waals surface area (Å²) in [4.78, 5) is 25.4. The van der Waals surface area contributed by atoms with Gasteiger partial charge in [0.2, 0.25) is 5.56 Å². The number of H-pyrrole nitrogens is 1. The number of carbonyl (C=O) groups excluding carboxylic acids is 1. The van der Waals surface area contributed by atoms with Gasteiger partial charge in [-0.3, -0.25) is 9.59 Å². The molecule has 1 heterocycles. The molecule has 0 aliphatic carbocycles. The summed E-state index contributed by atoms with van der Waals surface area (Å²) in [7, 11) is 0. The SMILES string of the molecule is N#Cc1ccc(Cl)cc1NC(=O)c1cccc(=O)[nH]1. The largest absolute Gasteiger partial charge is 0.319 e. The van der Waals surface area contributed by atoms with Crippen LogP contribution in [-0.4, -0.2) is 10.9 Å². The first kappa shape index (κ1) is 12.9. The van der Waals surface area contributed by atoms with Crippen LogP contribution >= 0.6 is 11.6 Å². The molecule has 0 aliphatic rings. The summed E-state index contributed by atoms with van der Waals surface area (Å²) in [5.74, 6) is -0.517. The zero-order valence-electron chi connectivity index (χ0n) is 9.61. The van der Waals surface area contributed by atoms with Crippen LogP contribution in [0.3, 0.4) is 0 Å². The molecule has 0 unspecified atom stereocenters. The van der Waals surface area contributed by atoms with Gasteiger partial charge in [-0.2, -0.15) is 5.26 Å². The Balaban J connectivity index is 2.32. The molecule has 0 aliphatic heterocycles. The van der Waals surface area contributed by atoms with Gasteiger partial charge in [-0.1, -0.05) is 17.7 Å². The van der Waals surface area contributed by atoms with Gasteiger partial charge in [0, 0.05) is 11.1 Å². The van der Waals surface area contributed by atoms with E-state index in [-0.39, 0.29) is 16.8 Å². The molecule has 0 spiro atoms. The quantitative estimate of drug-likeness (QED) is 0.879. The fourth-order valence-electron chi connectivity index (χ4n) is 1.49. The van der Waals surface area contributed by atoms with E-state index in [1.54, 1.807) is 6.07 Å². The minimum absolute atomic E-state index is 0.108. The van der Waals surface area contributed by atoms with Crippen LogP contribution in [0.4, 0.5) is 5.69 Å². The second-order valence-corrected chi connectivity index (χ2v) is 4.12. The molecule has 1 aromatic heterocycles. The van der Waals surface area contributed by atoms with Crippen molar-refractivity contribution in [3.8, 4) is 6.07 Å². The molecule has 6 heteroatoms. The number of pyridine rings is 1. The summed E-state index contributed by atoms with van der Waals surface area (Å²) < 4.78 is 0. The fourth-order valence-corrected chi connectivity index (χ4v) is 1.66. The molecule has 94 valence electrons. The molecule has 0 saturated heterocycles. The second-order valence-electron chi connectivity index (χ2n) is 3.68. The number of benzene rings is 1. The molecule has 2 aromatic rings. The molecular formula is C13H8ClN3O2. The number of nitriles is 1. The maximum Gasteiger partial charge on any atom is 0.272 e. The van der Waals surface area contributed by atoms with Crippen LogP contribution in [0.25, 0.3) is 0 Å². The number of carbonyl (C=O) groups is 1. The predicted molar refractivity (Wildman–Crippen MR) is 71.2 cm³/mol. The van der Waals surface area contributed by atoms with Crippen molar-refractivity contribution in [1.29, 1.82) is 5.26 Å². The minimum atomic E-state index is -0.517. The van der Waals surface area contributed by atoms with Crippen LogP contribution in [0, 0.1) is 11.3 Å².